The molecule has 1 rings (SSSR count). The van der Waals surface area contributed by atoms with Gasteiger partial charge in [0, 0.05) is 6.42 Å². The second kappa shape index (κ2) is 7.50. The molecule has 4 nitrogen and oxygen atoms in total. The smallest absolute Gasteiger partial charge is 0.0941 e. The summed E-state index contributed by atoms with van der Waals surface area (Å²) in [6.07, 6.45) is 5.38. The minimum atomic E-state index is -0.631. The highest BCUT2D eigenvalue weighted by Gasteiger charge is 2.27. The number of hydrogen-bond acceptors (Lipinski definition) is 4. The Hall–Kier alpha value is -0.740. The van der Waals surface area contributed by atoms with Crippen molar-refractivity contribution in [2.24, 2.45) is 16.1 Å². The van der Waals surface area contributed by atoms with Crippen LogP contribution in [0.5, 0.6) is 0 Å². The number of hydrogen-bond donors (Lipinski definition) is 1. The molecule has 0 aliphatic carbocycles. The Morgan fingerprint density at radius 2 is 2.00 bits per heavy atom. The third kappa shape index (κ3) is 7.18. The van der Waals surface area contributed by atoms with E-state index in [0.29, 0.717) is 18.9 Å². The molecule has 2 atom stereocenters. The summed E-state index contributed by atoms with van der Waals surface area (Å²) in [6, 6.07) is 0.125. The molecule has 122 valence electrons. The van der Waals surface area contributed by atoms with Crippen LogP contribution in [0.4, 0.5) is 0 Å². The van der Waals surface area contributed by atoms with Crippen molar-refractivity contribution in [2.75, 3.05) is 6.61 Å². The van der Waals surface area contributed by atoms with Crippen molar-refractivity contribution in [3.63, 3.8) is 0 Å². The van der Waals surface area contributed by atoms with Gasteiger partial charge in [0.05, 0.1) is 29.5 Å². The third-order valence-electron chi connectivity index (χ3n) is 3.93. The second-order valence-electron chi connectivity index (χ2n) is 7.45. The van der Waals surface area contributed by atoms with Gasteiger partial charge >= 0.3 is 0 Å². The van der Waals surface area contributed by atoms with Crippen LogP contribution in [-0.2, 0) is 4.74 Å². The monoisotopic (exact) mass is 296 g/mol. The van der Waals surface area contributed by atoms with Crippen LogP contribution in [0.2, 0.25) is 0 Å². The summed E-state index contributed by atoms with van der Waals surface area (Å²) in [5.74, 6) is 0.606. The van der Waals surface area contributed by atoms with Crippen molar-refractivity contribution in [1.82, 2.24) is 0 Å². The molecule has 0 bridgehead atoms. The van der Waals surface area contributed by atoms with E-state index in [1.54, 1.807) is 0 Å². The largest absolute Gasteiger partial charge is 0.390 e. The van der Waals surface area contributed by atoms with Gasteiger partial charge in [-0.3, -0.25) is 0 Å². The van der Waals surface area contributed by atoms with E-state index in [1.165, 1.54) is 0 Å². The van der Waals surface area contributed by atoms with E-state index in [9.17, 15) is 5.11 Å². The van der Waals surface area contributed by atoms with Crippen LogP contribution in [0.1, 0.15) is 67.2 Å². The molecule has 1 heterocycles. The minimum Gasteiger partial charge on any atom is -0.390 e. The van der Waals surface area contributed by atoms with Gasteiger partial charge in [-0.2, -0.15) is 10.2 Å². The molecule has 0 spiro atoms. The molecule has 1 aliphatic rings. The van der Waals surface area contributed by atoms with E-state index >= 15 is 0 Å². The highest BCUT2D eigenvalue weighted by Crippen LogP contribution is 2.27. The maximum atomic E-state index is 10.00. The van der Waals surface area contributed by atoms with Gasteiger partial charge in [-0.1, -0.05) is 20.8 Å². The lowest BCUT2D eigenvalue weighted by molar-refractivity contribution is -0.0561. The van der Waals surface area contributed by atoms with Crippen molar-refractivity contribution in [2.45, 2.75) is 84.5 Å². The van der Waals surface area contributed by atoms with Gasteiger partial charge in [0.2, 0.25) is 0 Å². The number of ether oxygens (including phenoxy) is 1. The summed E-state index contributed by atoms with van der Waals surface area (Å²) in [6.45, 7) is 13.0. The molecule has 0 aromatic heterocycles. The van der Waals surface area contributed by atoms with Crippen LogP contribution in [0.3, 0.4) is 0 Å². The Balaban J connectivity index is 2.40. The molecule has 0 aromatic carbocycles. The molecular weight excluding hydrogens is 264 g/mol. The average Bonchev–Trinajstić information content (AvgIpc) is 2.74. The van der Waals surface area contributed by atoms with E-state index in [1.807, 2.05) is 13.8 Å². The molecule has 0 aromatic rings. The number of azo groups is 1. The summed E-state index contributed by atoms with van der Waals surface area (Å²) in [5, 5.41) is 18.6. The van der Waals surface area contributed by atoms with Crippen molar-refractivity contribution in [1.29, 1.82) is 0 Å². The SMILES string of the molecule is CCC(C)(O)CCOC(C)(C)CC1C=C(CC(C)C)N=N1. The number of nitrogens with zero attached hydrogens (tertiary/aromatic N) is 2. The van der Waals surface area contributed by atoms with E-state index in [-0.39, 0.29) is 11.6 Å². The van der Waals surface area contributed by atoms with Crippen LogP contribution in [0.25, 0.3) is 0 Å². The van der Waals surface area contributed by atoms with Gasteiger partial charge in [0.15, 0.2) is 0 Å². The quantitative estimate of drug-likeness (QED) is 0.681. The maximum Gasteiger partial charge on any atom is 0.0941 e. The van der Waals surface area contributed by atoms with Crippen LogP contribution < -0.4 is 0 Å². The lowest BCUT2D eigenvalue weighted by Gasteiger charge is -2.29. The van der Waals surface area contributed by atoms with E-state index in [4.69, 9.17) is 4.74 Å². The molecule has 21 heavy (non-hydrogen) atoms. The van der Waals surface area contributed by atoms with Crippen LogP contribution in [0.15, 0.2) is 22.0 Å². The molecular formula is C17H32N2O2. The van der Waals surface area contributed by atoms with Gasteiger partial charge in [-0.05, 0) is 52.0 Å². The number of rotatable bonds is 9. The molecule has 0 radical (unpaired) electrons. The Bertz CT molecular complexity index is 384. The fourth-order valence-electron chi connectivity index (χ4n) is 2.35. The lowest BCUT2D eigenvalue weighted by Crippen LogP contribution is -2.32. The van der Waals surface area contributed by atoms with Crippen molar-refractivity contribution >= 4 is 0 Å². The third-order valence-corrected chi connectivity index (χ3v) is 3.93. The first-order valence-electron chi connectivity index (χ1n) is 8.11. The van der Waals surface area contributed by atoms with Crippen molar-refractivity contribution in [3.05, 3.63) is 11.8 Å². The molecule has 0 saturated heterocycles. The first-order valence-corrected chi connectivity index (χ1v) is 8.11. The predicted molar refractivity (Wildman–Crippen MR) is 86.4 cm³/mol. The maximum absolute atomic E-state index is 10.00. The van der Waals surface area contributed by atoms with Gasteiger partial charge < -0.3 is 9.84 Å². The molecule has 2 unspecified atom stereocenters. The zero-order valence-corrected chi connectivity index (χ0v) is 14.5. The summed E-state index contributed by atoms with van der Waals surface area (Å²) < 4.78 is 5.95. The summed E-state index contributed by atoms with van der Waals surface area (Å²) in [4.78, 5) is 0. The topological polar surface area (TPSA) is 54.2 Å². The standard InChI is InChI=1S/C17H32N2O2/c1-7-17(6,20)8-9-21-16(4,5)12-15-11-14(18-19-15)10-13(2)3/h11,13,15,20H,7-10,12H2,1-6H3. The number of aliphatic hydroxyl groups is 1. The molecule has 0 saturated carbocycles. The number of allylic oxidation sites excluding steroid dienone is 1. The van der Waals surface area contributed by atoms with Crippen molar-refractivity contribution in [3.8, 4) is 0 Å². The van der Waals surface area contributed by atoms with Gasteiger partial charge in [0.1, 0.15) is 0 Å². The molecule has 1 N–H and O–H groups in total. The van der Waals surface area contributed by atoms with Crippen LogP contribution in [0, 0.1) is 5.92 Å². The average molecular weight is 296 g/mol. The van der Waals surface area contributed by atoms with E-state index < -0.39 is 5.60 Å². The zero-order valence-electron chi connectivity index (χ0n) is 14.5. The normalized spacial score (nSPS) is 21.7. The summed E-state index contributed by atoms with van der Waals surface area (Å²) in [5.41, 5.74) is 0.213. The second-order valence-corrected chi connectivity index (χ2v) is 7.45. The fraction of sp³-hybridized carbons (Fsp3) is 0.882. The highest BCUT2D eigenvalue weighted by molar-refractivity contribution is 5.11. The molecule has 4 heteroatoms. The van der Waals surface area contributed by atoms with Crippen molar-refractivity contribution < 1.29 is 9.84 Å². The van der Waals surface area contributed by atoms with Crippen LogP contribution >= 0.6 is 0 Å². The molecule has 0 amide bonds. The van der Waals surface area contributed by atoms with Gasteiger partial charge in [-0.25, -0.2) is 0 Å². The van der Waals surface area contributed by atoms with Gasteiger partial charge in [-0.15, -0.1) is 0 Å². The van der Waals surface area contributed by atoms with E-state index in [2.05, 4.69) is 44.0 Å². The lowest BCUT2D eigenvalue weighted by atomic mass is 9.97. The highest BCUT2D eigenvalue weighted by atomic mass is 16.5. The first-order chi connectivity index (χ1) is 9.63. The van der Waals surface area contributed by atoms with E-state index in [0.717, 1.165) is 25.0 Å². The Morgan fingerprint density at radius 1 is 1.33 bits per heavy atom. The fourth-order valence-corrected chi connectivity index (χ4v) is 2.35. The Morgan fingerprint density at radius 3 is 2.57 bits per heavy atom. The molecule has 1 aliphatic heterocycles. The first kappa shape index (κ1) is 18.3. The molecule has 0 fully saturated rings. The zero-order chi connectivity index (χ0) is 16.1. The Labute approximate surface area is 129 Å². The van der Waals surface area contributed by atoms with Gasteiger partial charge in [0.25, 0.3) is 0 Å². The van der Waals surface area contributed by atoms with Crippen LogP contribution in [-0.4, -0.2) is 29.0 Å². The summed E-state index contributed by atoms with van der Waals surface area (Å²) >= 11 is 0. The minimum absolute atomic E-state index is 0.125. The summed E-state index contributed by atoms with van der Waals surface area (Å²) in [7, 11) is 0. The Kier molecular flexibility index (Phi) is 6.54. The predicted octanol–water partition coefficient (Wildman–Crippen LogP) is 4.49.